The molecule has 2 rings (SSSR count). The van der Waals surface area contributed by atoms with Gasteiger partial charge in [0.2, 0.25) is 5.91 Å². The van der Waals surface area contributed by atoms with Gasteiger partial charge in [0.25, 0.3) is 0 Å². The van der Waals surface area contributed by atoms with Crippen molar-refractivity contribution in [3.05, 3.63) is 35.9 Å². The molecule has 1 aliphatic carbocycles. The first kappa shape index (κ1) is 15.5. The number of carboxylic acid groups (broad SMARTS) is 1. The lowest BCUT2D eigenvalue weighted by Gasteiger charge is -2.40. The van der Waals surface area contributed by atoms with Crippen LogP contribution in [0.25, 0.3) is 0 Å². The largest absolute Gasteiger partial charge is 0.481 e. The maximum atomic E-state index is 12.5. The number of carbonyl (C=O) groups excluding carboxylic acids is 1. The second kappa shape index (κ2) is 6.74. The fourth-order valence-corrected chi connectivity index (χ4v) is 2.84. The van der Waals surface area contributed by atoms with Crippen LogP contribution in [-0.2, 0) is 15.0 Å². The first-order valence-corrected chi connectivity index (χ1v) is 7.63. The predicted octanol–water partition coefficient (Wildman–Crippen LogP) is 2.73. The molecule has 0 bridgehead atoms. The Balaban J connectivity index is 1.86. The third kappa shape index (κ3) is 3.43. The quantitative estimate of drug-likeness (QED) is 0.758. The van der Waals surface area contributed by atoms with E-state index in [1.807, 2.05) is 30.3 Å². The molecule has 0 heterocycles. The Morgan fingerprint density at radius 2 is 1.95 bits per heavy atom. The molecule has 1 aromatic rings. The van der Waals surface area contributed by atoms with Gasteiger partial charge in [-0.3, -0.25) is 9.59 Å². The smallest absolute Gasteiger partial charge is 0.306 e. The zero-order valence-electron chi connectivity index (χ0n) is 12.5. The summed E-state index contributed by atoms with van der Waals surface area (Å²) in [4.78, 5) is 23.2. The van der Waals surface area contributed by atoms with Crippen LogP contribution in [0, 0.1) is 5.92 Å². The second-order valence-corrected chi connectivity index (χ2v) is 5.94. The van der Waals surface area contributed by atoms with Gasteiger partial charge in [-0.15, -0.1) is 0 Å². The lowest BCUT2D eigenvalue weighted by molar-refractivity contribution is -0.141. The van der Waals surface area contributed by atoms with E-state index in [9.17, 15) is 9.59 Å². The van der Waals surface area contributed by atoms with Crippen LogP contribution in [0.3, 0.4) is 0 Å². The van der Waals surface area contributed by atoms with Crippen molar-refractivity contribution < 1.29 is 14.7 Å². The van der Waals surface area contributed by atoms with E-state index in [1.54, 1.807) is 6.92 Å². The summed E-state index contributed by atoms with van der Waals surface area (Å²) in [6.45, 7) is 2.24. The summed E-state index contributed by atoms with van der Waals surface area (Å²) in [5.74, 6) is -1.04. The Morgan fingerprint density at radius 3 is 2.48 bits per heavy atom. The molecule has 0 aromatic heterocycles. The third-order valence-electron chi connectivity index (χ3n) is 4.49. The van der Waals surface area contributed by atoms with Crippen molar-refractivity contribution in [2.24, 2.45) is 5.92 Å². The van der Waals surface area contributed by atoms with Gasteiger partial charge >= 0.3 is 5.97 Å². The monoisotopic (exact) mass is 289 g/mol. The first-order valence-electron chi connectivity index (χ1n) is 7.63. The number of amides is 1. The molecule has 4 nitrogen and oxygen atoms in total. The molecule has 1 amide bonds. The fraction of sp³-hybridized carbons (Fsp3) is 0.529. The van der Waals surface area contributed by atoms with Gasteiger partial charge in [0.05, 0.1) is 11.3 Å². The van der Waals surface area contributed by atoms with Crippen LogP contribution in [-0.4, -0.2) is 23.5 Å². The molecular formula is C17H23NO3. The van der Waals surface area contributed by atoms with Crippen molar-refractivity contribution >= 4 is 11.9 Å². The van der Waals surface area contributed by atoms with Gasteiger partial charge < -0.3 is 10.4 Å². The first-order chi connectivity index (χ1) is 10.1. The highest BCUT2D eigenvalue weighted by Crippen LogP contribution is 2.43. The van der Waals surface area contributed by atoms with E-state index in [0.29, 0.717) is 19.4 Å². The third-order valence-corrected chi connectivity index (χ3v) is 4.49. The SMILES string of the molecule is CC(CCCNC(=O)C1(c2ccccc2)CCC1)C(=O)O. The van der Waals surface area contributed by atoms with Gasteiger partial charge in [-0.25, -0.2) is 0 Å². The van der Waals surface area contributed by atoms with Crippen LogP contribution < -0.4 is 5.32 Å². The van der Waals surface area contributed by atoms with Crippen molar-refractivity contribution in [1.29, 1.82) is 0 Å². The van der Waals surface area contributed by atoms with Crippen molar-refractivity contribution in [2.75, 3.05) is 6.54 Å². The summed E-state index contributed by atoms with van der Waals surface area (Å²) in [5.41, 5.74) is 0.729. The average molecular weight is 289 g/mol. The normalized spacial score (nSPS) is 17.6. The number of hydrogen-bond acceptors (Lipinski definition) is 2. The molecular weight excluding hydrogens is 266 g/mol. The number of hydrogen-bond donors (Lipinski definition) is 2. The highest BCUT2D eigenvalue weighted by Gasteiger charge is 2.45. The zero-order valence-corrected chi connectivity index (χ0v) is 12.5. The number of aliphatic carboxylic acids is 1. The minimum atomic E-state index is -0.777. The molecule has 1 atom stereocenters. The number of nitrogens with one attached hydrogen (secondary N) is 1. The molecule has 21 heavy (non-hydrogen) atoms. The molecule has 0 radical (unpaired) electrons. The Hall–Kier alpha value is -1.84. The van der Waals surface area contributed by atoms with Crippen molar-refractivity contribution in [3.63, 3.8) is 0 Å². The molecule has 114 valence electrons. The summed E-state index contributed by atoms with van der Waals surface area (Å²) in [6, 6.07) is 9.94. The summed E-state index contributed by atoms with van der Waals surface area (Å²) in [7, 11) is 0. The predicted molar refractivity (Wildman–Crippen MR) is 81.0 cm³/mol. The number of carboxylic acids is 1. The second-order valence-electron chi connectivity index (χ2n) is 5.94. The van der Waals surface area contributed by atoms with E-state index in [4.69, 9.17) is 5.11 Å². The van der Waals surface area contributed by atoms with E-state index in [1.165, 1.54) is 0 Å². The summed E-state index contributed by atoms with van der Waals surface area (Å²) >= 11 is 0. The number of carbonyl (C=O) groups is 2. The van der Waals surface area contributed by atoms with E-state index in [0.717, 1.165) is 24.8 Å². The molecule has 1 unspecified atom stereocenters. The molecule has 0 spiro atoms. The molecule has 0 saturated heterocycles. The molecule has 1 aromatic carbocycles. The van der Waals surface area contributed by atoms with Gasteiger partial charge in [0.1, 0.15) is 0 Å². The van der Waals surface area contributed by atoms with Crippen LogP contribution >= 0.6 is 0 Å². The van der Waals surface area contributed by atoms with Crippen molar-refractivity contribution in [3.8, 4) is 0 Å². The standard InChI is InChI=1S/C17H23NO3/c1-13(15(19)20)7-5-12-18-16(21)17(10-6-11-17)14-8-3-2-4-9-14/h2-4,8-9,13H,5-7,10-12H2,1H3,(H,18,21)(H,19,20). The molecule has 1 aliphatic rings. The molecule has 4 heteroatoms. The molecule has 1 fully saturated rings. The van der Waals surface area contributed by atoms with E-state index in [-0.39, 0.29) is 17.2 Å². The Bertz CT molecular complexity index is 494. The molecule has 2 N–H and O–H groups in total. The van der Waals surface area contributed by atoms with Gasteiger partial charge in [0, 0.05) is 6.54 Å². The Morgan fingerprint density at radius 1 is 1.29 bits per heavy atom. The summed E-state index contributed by atoms with van der Waals surface area (Å²) in [5, 5.41) is 11.8. The van der Waals surface area contributed by atoms with Crippen molar-refractivity contribution in [1.82, 2.24) is 5.32 Å². The maximum Gasteiger partial charge on any atom is 0.306 e. The average Bonchev–Trinajstić information content (AvgIpc) is 2.43. The molecule has 0 aliphatic heterocycles. The zero-order chi connectivity index (χ0) is 15.3. The lowest BCUT2D eigenvalue weighted by atomic mass is 9.64. The van der Waals surface area contributed by atoms with Crippen LogP contribution in [0.2, 0.25) is 0 Å². The van der Waals surface area contributed by atoms with Gasteiger partial charge in [0.15, 0.2) is 0 Å². The summed E-state index contributed by atoms with van der Waals surface area (Å²) < 4.78 is 0. The Labute approximate surface area is 125 Å². The van der Waals surface area contributed by atoms with Gasteiger partial charge in [-0.05, 0) is 31.2 Å². The van der Waals surface area contributed by atoms with Crippen LogP contribution in [0.1, 0.15) is 44.6 Å². The van der Waals surface area contributed by atoms with Crippen LogP contribution in [0.4, 0.5) is 0 Å². The molecule has 1 saturated carbocycles. The number of benzene rings is 1. The van der Waals surface area contributed by atoms with E-state index < -0.39 is 5.97 Å². The van der Waals surface area contributed by atoms with Gasteiger partial charge in [-0.1, -0.05) is 43.7 Å². The van der Waals surface area contributed by atoms with E-state index >= 15 is 0 Å². The van der Waals surface area contributed by atoms with Gasteiger partial charge in [-0.2, -0.15) is 0 Å². The number of rotatable bonds is 7. The highest BCUT2D eigenvalue weighted by atomic mass is 16.4. The topological polar surface area (TPSA) is 66.4 Å². The minimum Gasteiger partial charge on any atom is -0.481 e. The highest BCUT2D eigenvalue weighted by molar-refractivity contribution is 5.89. The minimum absolute atomic E-state index is 0.0860. The van der Waals surface area contributed by atoms with Crippen LogP contribution in [0.15, 0.2) is 30.3 Å². The lowest BCUT2D eigenvalue weighted by Crippen LogP contribution is -2.49. The fourth-order valence-electron chi connectivity index (χ4n) is 2.84. The summed E-state index contributed by atoms with van der Waals surface area (Å²) in [6.07, 6.45) is 4.17. The van der Waals surface area contributed by atoms with Crippen LogP contribution in [0.5, 0.6) is 0 Å². The Kier molecular flexibility index (Phi) is 4.99. The maximum absolute atomic E-state index is 12.5. The van der Waals surface area contributed by atoms with E-state index in [2.05, 4.69) is 5.32 Å². The van der Waals surface area contributed by atoms with Crippen molar-refractivity contribution in [2.45, 2.75) is 44.4 Å².